The summed E-state index contributed by atoms with van der Waals surface area (Å²) in [6, 6.07) is 19.0. The van der Waals surface area contributed by atoms with E-state index in [2.05, 4.69) is 25.7 Å². The maximum absolute atomic E-state index is 12.5. The summed E-state index contributed by atoms with van der Waals surface area (Å²) < 4.78 is 12.7. The van der Waals surface area contributed by atoms with Crippen LogP contribution in [0.4, 0.5) is 0 Å². The molecule has 4 rings (SSSR count). The predicted molar refractivity (Wildman–Crippen MR) is 135 cm³/mol. The van der Waals surface area contributed by atoms with Gasteiger partial charge in [-0.05, 0) is 43.3 Å². The van der Waals surface area contributed by atoms with E-state index in [9.17, 15) is 4.79 Å². The summed E-state index contributed by atoms with van der Waals surface area (Å²) >= 11 is 1.27. The summed E-state index contributed by atoms with van der Waals surface area (Å²) in [7, 11) is 3.17. The van der Waals surface area contributed by atoms with Crippen LogP contribution in [0.25, 0.3) is 17.1 Å². The number of hydrogen-bond acceptors (Lipinski definition) is 8. The molecule has 1 amide bonds. The van der Waals surface area contributed by atoms with Gasteiger partial charge in [0.2, 0.25) is 0 Å². The minimum atomic E-state index is -0.256. The highest BCUT2D eigenvalue weighted by Gasteiger charge is 2.18. The first-order valence-corrected chi connectivity index (χ1v) is 11.7. The van der Waals surface area contributed by atoms with Gasteiger partial charge in [-0.3, -0.25) is 14.3 Å². The number of rotatable bonds is 9. The van der Waals surface area contributed by atoms with E-state index in [1.165, 1.54) is 11.8 Å². The quantitative estimate of drug-likeness (QED) is 0.216. The van der Waals surface area contributed by atoms with Crippen LogP contribution in [0.15, 0.2) is 83.3 Å². The molecule has 0 aliphatic rings. The zero-order valence-corrected chi connectivity index (χ0v) is 20.3. The van der Waals surface area contributed by atoms with Crippen LogP contribution in [0.2, 0.25) is 0 Å². The van der Waals surface area contributed by atoms with Crippen molar-refractivity contribution in [2.24, 2.45) is 5.10 Å². The molecule has 0 fully saturated rings. The van der Waals surface area contributed by atoms with Crippen LogP contribution in [0.3, 0.4) is 0 Å². The SMILES string of the molecule is COc1ccc(-c2nnc(SCC(=O)N/N=C(\C)c3cccnc3)n2-c2ccccc2)cc1OC. The molecule has 2 heterocycles. The number of aromatic nitrogens is 4. The van der Waals surface area contributed by atoms with Gasteiger partial charge in [0, 0.05) is 29.2 Å². The van der Waals surface area contributed by atoms with E-state index in [0.717, 1.165) is 16.8 Å². The lowest BCUT2D eigenvalue weighted by Crippen LogP contribution is -2.21. The van der Waals surface area contributed by atoms with E-state index >= 15 is 0 Å². The summed E-state index contributed by atoms with van der Waals surface area (Å²) in [5.74, 6) is 1.68. The number of carbonyl (C=O) groups is 1. The number of carbonyl (C=O) groups excluding carboxylic acids is 1. The van der Waals surface area contributed by atoms with Crippen molar-refractivity contribution in [3.05, 3.63) is 78.6 Å². The van der Waals surface area contributed by atoms with Crippen LogP contribution in [-0.2, 0) is 4.79 Å². The van der Waals surface area contributed by atoms with Gasteiger partial charge in [0.15, 0.2) is 22.5 Å². The molecule has 0 saturated carbocycles. The smallest absolute Gasteiger partial charge is 0.250 e. The number of ether oxygens (including phenoxy) is 2. The van der Waals surface area contributed by atoms with Crippen LogP contribution in [-0.4, -0.2) is 51.3 Å². The van der Waals surface area contributed by atoms with Crippen molar-refractivity contribution >= 4 is 23.4 Å². The van der Waals surface area contributed by atoms with Gasteiger partial charge in [0.1, 0.15) is 0 Å². The molecule has 35 heavy (non-hydrogen) atoms. The number of nitrogens with zero attached hydrogens (tertiary/aromatic N) is 5. The molecule has 2 aromatic carbocycles. The number of benzene rings is 2. The normalized spacial score (nSPS) is 11.2. The lowest BCUT2D eigenvalue weighted by atomic mass is 10.2. The number of methoxy groups -OCH3 is 2. The topological polar surface area (TPSA) is 104 Å². The number of thioether (sulfide) groups is 1. The standard InChI is InChI=1S/C25H24N6O3S/c1-17(19-8-7-13-26-15-19)27-28-23(32)16-35-25-30-29-24(31(25)20-9-5-4-6-10-20)18-11-12-21(33-2)22(14-18)34-3/h4-15H,16H2,1-3H3,(H,28,32)/b27-17+. The van der Waals surface area contributed by atoms with Crippen LogP contribution >= 0.6 is 11.8 Å². The second kappa shape index (κ2) is 11.3. The second-order valence-corrected chi connectivity index (χ2v) is 8.25. The van der Waals surface area contributed by atoms with E-state index in [-0.39, 0.29) is 11.7 Å². The molecular weight excluding hydrogens is 464 g/mol. The summed E-state index contributed by atoms with van der Waals surface area (Å²) in [6.07, 6.45) is 3.38. The molecule has 9 nitrogen and oxygen atoms in total. The third-order valence-electron chi connectivity index (χ3n) is 5.05. The summed E-state index contributed by atoms with van der Waals surface area (Å²) in [4.78, 5) is 16.6. The molecule has 0 spiro atoms. The highest BCUT2D eigenvalue weighted by Crippen LogP contribution is 2.34. The molecule has 0 radical (unpaired) electrons. The van der Waals surface area contributed by atoms with Crippen molar-refractivity contribution < 1.29 is 14.3 Å². The van der Waals surface area contributed by atoms with E-state index < -0.39 is 0 Å². The maximum Gasteiger partial charge on any atom is 0.250 e. The zero-order valence-electron chi connectivity index (χ0n) is 19.5. The van der Waals surface area contributed by atoms with E-state index in [1.807, 2.05) is 72.2 Å². The van der Waals surface area contributed by atoms with E-state index in [0.29, 0.717) is 28.2 Å². The minimum Gasteiger partial charge on any atom is -0.493 e. The zero-order chi connectivity index (χ0) is 24.6. The Bertz CT molecular complexity index is 1330. The number of hydrazone groups is 1. The Morgan fingerprint density at radius 2 is 1.83 bits per heavy atom. The number of pyridine rings is 1. The Morgan fingerprint density at radius 3 is 2.54 bits per heavy atom. The summed E-state index contributed by atoms with van der Waals surface area (Å²) in [6.45, 7) is 1.81. The van der Waals surface area contributed by atoms with Crippen LogP contribution in [0.1, 0.15) is 12.5 Å². The second-order valence-electron chi connectivity index (χ2n) is 7.31. The average molecular weight is 489 g/mol. The lowest BCUT2D eigenvalue weighted by Gasteiger charge is -2.12. The number of nitrogens with one attached hydrogen (secondary N) is 1. The van der Waals surface area contributed by atoms with Gasteiger partial charge in [0.25, 0.3) is 5.91 Å². The Kier molecular flexibility index (Phi) is 7.74. The van der Waals surface area contributed by atoms with Gasteiger partial charge < -0.3 is 9.47 Å². The van der Waals surface area contributed by atoms with Gasteiger partial charge in [-0.15, -0.1) is 10.2 Å². The number of hydrogen-bond donors (Lipinski definition) is 1. The lowest BCUT2D eigenvalue weighted by molar-refractivity contribution is -0.118. The summed E-state index contributed by atoms with van der Waals surface area (Å²) in [5, 5.41) is 13.5. The van der Waals surface area contributed by atoms with Crippen molar-refractivity contribution in [3.8, 4) is 28.6 Å². The Balaban J connectivity index is 1.57. The Morgan fingerprint density at radius 1 is 1.03 bits per heavy atom. The number of para-hydroxylation sites is 1. The van der Waals surface area contributed by atoms with Crippen molar-refractivity contribution in [3.63, 3.8) is 0 Å². The first-order chi connectivity index (χ1) is 17.1. The molecule has 1 N–H and O–H groups in total. The highest BCUT2D eigenvalue weighted by molar-refractivity contribution is 7.99. The molecule has 4 aromatic rings. The fraction of sp³-hybridized carbons (Fsp3) is 0.160. The maximum atomic E-state index is 12.5. The van der Waals surface area contributed by atoms with Gasteiger partial charge in [-0.25, -0.2) is 5.43 Å². The van der Waals surface area contributed by atoms with Crippen molar-refractivity contribution in [2.75, 3.05) is 20.0 Å². The molecule has 0 unspecified atom stereocenters. The highest BCUT2D eigenvalue weighted by atomic mass is 32.2. The fourth-order valence-corrected chi connectivity index (χ4v) is 4.03. The first kappa shape index (κ1) is 24.0. The molecule has 10 heteroatoms. The van der Waals surface area contributed by atoms with Crippen molar-refractivity contribution in [1.82, 2.24) is 25.2 Å². The van der Waals surface area contributed by atoms with Gasteiger partial charge in [-0.2, -0.15) is 5.10 Å². The molecule has 0 aliphatic carbocycles. The number of amides is 1. The van der Waals surface area contributed by atoms with Crippen LogP contribution in [0, 0.1) is 0 Å². The first-order valence-electron chi connectivity index (χ1n) is 10.7. The van der Waals surface area contributed by atoms with Crippen LogP contribution in [0.5, 0.6) is 11.5 Å². The van der Waals surface area contributed by atoms with Gasteiger partial charge >= 0.3 is 0 Å². The van der Waals surface area contributed by atoms with Crippen molar-refractivity contribution in [2.45, 2.75) is 12.1 Å². The van der Waals surface area contributed by atoms with Gasteiger partial charge in [0.05, 0.1) is 25.7 Å². The molecular formula is C25H24N6O3S. The molecule has 0 bridgehead atoms. The van der Waals surface area contributed by atoms with E-state index in [1.54, 1.807) is 26.6 Å². The third-order valence-corrected chi connectivity index (χ3v) is 5.98. The average Bonchev–Trinajstić information content (AvgIpc) is 3.35. The molecule has 2 aromatic heterocycles. The monoisotopic (exact) mass is 488 g/mol. The Hall–Kier alpha value is -4.18. The van der Waals surface area contributed by atoms with Crippen LogP contribution < -0.4 is 14.9 Å². The van der Waals surface area contributed by atoms with Crippen molar-refractivity contribution in [1.29, 1.82) is 0 Å². The Labute approximate surface area is 207 Å². The molecule has 0 saturated heterocycles. The molecule has 0 atom stereocenters. The largest absolute Gasteiger partial charge is 0.493 e. The molecule has 178 valence electrons. The summed E-state index contributed by atoms with van der Waals surface area (Å²) in [5.41, 5.74) is 5.76. The fourth-order valence-electron chi connectivity index (χ4n) is 3.29. The van der Waals surface area contributed by atoms with Gasteiger partial charge in [-0.1, -0.05) is 36.0 Å². The predicted octanol–water partition coefficient (Wildman–Crippen LogP) is 3.98. The minimum absolute atomic E-state index is 0.112. The third kappa shape index (κ3) is 5.67. The van der Waals surface area contributed by atoms with E-state index in [4.69, 9.17) is 9.47 Å². The molecule has 0 aliphatic heterocycles.